The summed E-state index contributed by atoms with van der Waals surface area (Å²) in [4.78, 5) is 0. The van der Waals surface area contributed by atoms with Gasteiger partial charge in [-0.2, -0.15) is 0 Å². The molecule has 0 amide bonds. The Morgan fingerprint density at radius 3 is 2.18 bits per heavy atom. The van der Waals surface area contributed by atoms with Crippen molar-refractivity contribution >= 4 is 0 Å². The molecule has 66 valence electrons. The molecule has 1 fully saturated rings. The van der Waals surface area contributed by atoms with Crippen LogP contribution in [0, 0.1) is 17.8 Å². The van der Waals surface area contributed by atoms with Crippen LogP contribution in [-0.2, 0) is 0 Å². The van der Waals surface area contributed by atoms with E-state index in [1.807, 2.05) is 0 Å². The molecule has 1 saturated carbocycles. The smallest absolute Gasteiger partial charge is 0.0571 e. The Labute approximate surface area is 69.8 Å². The van der Waals surface area contributed by atoms with Crippen molar-refractivity contribution in [1.29, 1.82) is 0 Å². The molecule has 0 aromatic carbocycles. The van der Waals surface area contributed by atoms with Crippen LogP contribution in [0.1, 0.15) is 40.0 Å². The number of rotatable bonds is 2. The minimum absolute atomic E-state index is 0.00704. The fourth-order valence-corrected chi connectivity index (χ4v) is 2.08. The highest BCUT2D eigenvalue weighted by atomic mass is 16.3. The van der Waals surface area contributed by atoms with E-state index < -0.39 is 0 Å². The van der Waals surface area contributed by atoms with Crippen molar-refractivity contribution in [1.82, 2.24) is 0 Å². The van der Waals surface area contributed by atoms with E-state index in [4.69, 9.17) is 0 Å². The second kappa shape index (κ2) is 3.57. The van der Waals surface area contributed by atoms with Crippen LogP contribution in [0.25, 0.3) is 0 Å². The summed E-state index contributed by atoms with van der Waals surface area (Å²) in [5.41, 5.74) is 0. The monoisotopic (exact) mass is 156 g/mol. The van der Waals surface area contributed by atoms with Gasteiger partial charge in [0.15, 0.2) is 0 Å². The highest BCUT2D eigenvalue weighted by molar-refractivity contribution is 4.81. The number of aliphatic hydroxyl groups excluding tert-OH is 1. The van der Waals surface area contributed by atoms with E-state index in [1.54, 1.807) is 0 Å². The first-order valence-corrected chi connectivity index (χ1v) is 4.81. The van der Waals surface area contributed by atoms with E-state index in [0.29, 0.717) is 17.8 Å². The zero-order valence-electron chi connectivity index (χ0n) is 7.88. The number of aliphatic hydroxyl groups is 1. The topological polar surface area (TPSA) is 20.2 Å². The van der Waals surface area contributed by atoms with Crippen LogP contribution in [0.4, 0.5) is 0 Å². The van der Waals surface area contributed by atoms with E-state index in [0.717, 1.165) is 6.42 Å². The molecule has 0 bridgehead atoms. The average molecular weight is 156 g/mol. The molecule has 0 heterocycles. The fraction of sp³-hybridized carbons (Fsp3) is 1.00. The van der Waals surface area contributed by atoms with Gasteiger partial charge in [-0.15, -0.1) is 0 Å². The van der Waals surface area contributed by atoms with Crippen LogP contribution >= 0.6 is 0 Å². The molecular formula is C10H20O. The number of hydrogen-bond donors (Lipinski definition) is 1. The van der Waals surface area contributed by atoms with E-state index in [1.165, 1.54) is 12.8 Å². The Hall–Kier alpha value is -0.0400. The van der Waals surface area contributed by atoms with Crippen LogP contribution in [0.2, 0.25) is 0 Å². The molecule has 0 spiro atoms. The third-order valence-electron chi connectivity index (χ3n) is 3.26. The molecule has 3 atom stereocenters. The first kappa shape index (κ1) is 9.05. The molecule has 0 aliphatic heterocycles. The van der Waals surface area contributed by atoms with Crippen LogP contribution in [-0.4, -0.2) is 11.2 Å². The molecule has 1 N–H and O–H groups in total. The lowest BCUT2D eigenvalue weighted by Gasteiger charge is -2.25. The van der Waals surface area contributed by atoms with Gasteiger partial charge < -0.3 is 5.11 Å². The standard InChI is InChI=1S/C10H20O/c1-7(2)8(3)9-5-4-6-10(9)11/h7-11H,4-6H2,1-3H3/t8?,9-,10+/m0/s1. The summed E-state index contributed by atoms with van der Waals surface area (Å²) >= 11 is 0. The van der Waals surface area contributed by atoms with Gasteiger partial charge in [0.05, 0.1) is 6.10 Å². The van der Waals surface area contributed by atoms with E-state index in [2.05, 4.69) is 20.8 Å². The third-order valence-corrected chi connectivity index (χ3v) is 3.26. The summed E-state index contributed by atoms with van der Waals surface area (Å²) in [6, 6.07) is 0. The molecule has 0 saturated heterocycles. The minimum atomic E-state index is -0.00704. The highest BCUT2D eigenvalue weighted by Gasteiger charge is 2.30. The molecule has 1 aliphatic carbocycles. The molecule has 0 radical (unpaired) electrons. The van der Waals surface area contributed by atoms with Gasteiger partial charge >= 0.3 is 0 Å². The van der Waals surface area contributed by atoms with Gasteiger partial charge in [0.25, 0.3) is 0 Å². The summed E-state index contributed by atoms with van der Waals surface area (Å²) in [6.45, 7) is 6.76. The summed E-state index contributed by atoms with van der Waals surface area (Å²) in [7, 11) is 0. The predicted octanol–water partition coefficient (Wildman–Crippen LogP) is 2.44. The lowest BCUT2D eigenvalue weighted by Crippen LogP contribution is -2.24. The van der Waals surface area contributed by atoms with Crippen molar-refractivity contribution < 1.29 is 5.11 Å². The van der Waals surface area contributed by atoms with Gasteiger partial charge in [0.2, 0.25) is 0 Å². The fourth-order valence-electron chi connectivity index (χ4n) is 2.08. The van der Waals surface area contributed by atoms with Gasteiger partial charge in [0, 0.05) is 0 Å². The van der Waals surface area contributed by atoms with Crippen molar-refractivity contribution in [2.45, 2.75) is 46.1 Å². The normalized spacial score (nSPS) is 34.6. The lowest BCUT2D eigenvalue weighted by molar-refractivity contribution is 0.0877. The Morgan fingerprint density at radius 2 is 1.82 bits per heavy atom. The van der Waals surface area contributed by atoms with Gasteiger partial charge in [-0.25, -0.2) is 0 Å². The second-order valence-corrected chi connectivity index (χ2v) is 4.27. The first-order chi connectivity index (χ1) is 5.13. The Kier molecular flexibility index (Phi) is 2.94. The molecular weight excluding hydrogens is 136 g/mol. The van der Waals surface area contributed by atoms with E-state index >= 15 is 0 Å². The van der Waals surface area contributed by atoms with Crippen molar-refractivity contribution in [3.8, 4) is 0 Å². The summed E-state index contributed by atoms with van der Waals surface area (Å²) in [5.74, 6) is 1.98. The van der Waals surface area contributed by atoms with Crippen molar-refractivity contribution in [2.75, 3.05) is 0 Å². The van der Waals surface area contributed by atoms with E-state index in [-0.39, 0.29) is 6.10 Å². The summed E-state index contributed by atoms with van der Waals surface area (Å²) < 4.78 is 0. The van der Waals surface area contributed by atoms with Crippen molar-refractivity contribution in [2.24, 2.45) is 17.8 Å². The minimum Gasteiger partial charge on any atom is -0.393 e. The Bertz CT molecular complexity index is 120. The maximum absolute atomic E-state index is 9.61. The van der Waals surface area contributed by atoms with Crippen molar-refractivity contribution in [3.05, 3.63) is 0 Å². The molecule has 1 heteroatoms. The molecule has 11 heavy (non-hydrogen) atoms. The van der Waals surface area contributed by atoms with Crippen LogP contribution < -0.4 is 0 Å². The predicted molar refractivity (Wildman–Crippen MR) is 47.3 cm³/mol. The lowest BCUT2D eigenvalue weighted by atomic mass is 9.83. The molecule has 1 nitrogen and oxygen atoms in total. The molecule has 1 unspecified atom stereocenters. The van der Waals surface area contributed by atoms with Crippen LogP contribution in [0.15, 0.2) is 0 Å². The quantitative estimate of drug-likeness (QED) is 0.651. The van der Waals surface area contributed by atoms with E-state index in [9.17, 15) is 5.11 Å². The van der Waals surface area contributed by atoms with Gasteiger partial charge in [0.1, 0.15) is 0 Å². The summed E-state index contributed by atoms with van der Waals surface area (Å²) in [6.07, 6.45) is 3.48. The second-order valence-electron chi connectivity index (χ2n) is 4.27. The van der Waals surface area contributed by atoms with Crippen LogP contribution in [0.5, 0.6) is 0 Å². The molecule has 0 aromatic heterocycles. The largest absolute Gasteiger partial charge is 0.393 e. The van der Waals surface area contributed by atoms with Gasteiger partial charge in [-0.1, -0.05) is 27.2 Å². The van der Waals surface area contributed by atoms with Gasteiger partial charge in [-0.3, -0.25) is 0 Å². The van der Waals surface area contributed by atoms with Crippen molar-refractivity contribution in [3.63, 3.8) is 0 Å². The zero-order valence-corrected chi connectivity index (χ0v) is 7.88. The van der Waals surface area contributed by atoms with Gasteiger partial charge in [-0.05, 0) is 30.6 Å². The summed E-state index contributed by atoms with van der Waals surface area (Å²) in [5, 5.41) is 9.61. The average Bonchev–Trinajstić information content (AvgIpc) is 2.33. The zero-order chi connectivity index (χ0) is 8.43. The first-order valence-electron chi connectivity index (χ1n) is 4.81. The third kappa shape index (κ3) is 1.96. The number of hydrogen-bond acceptors (Lipinski definition) is 1. The highest BCUT2D eigenvalue weighted by Crippen LogP contribution is 2.34. The maximum Gasteiger partial charge on any atom is 0.0571 e. The molecule has 1 rings (SSSR count). The molecule has 0 aromatic rings. The SMILES string of the molecule is CC(C)C(C)[C@@H]1CCC[C@H]1O. The van der Waals surface area contributed by atoms with Crippen LogP contribution in [0.3, 0.4) is 0 Å². The maximum atomic E-state index is 9.61. The Morgan fingerprint density at radius 1 is 1.18 bits per heavy atom. The molecule has 1 aliphatic rings. The Balaban J connectivity index is 2.45.